The summed E-state index contributed by atoms with van der Waals surface area (Å²) < 4.78 is 0. The first-order valence-corrected chi connectivity index (χ1v) is 7.93. The van der Waals surface area contributed by atoms with Gasteiger partial charge in [-0.2, -0.15) is 0 Å². The molecular formula is C19H20N4O. The Hall–Kier alpha value is -2.95. The Kier molecular flexibility index (Phi) is 4.70. The van der Waals surface area contributed by atoms with Gasteiger partial charge in [0.1, 0.15) is 5.82 Å². The van der Waals surface area contributed by atoms with Gasteiger partial charge in [0.25, 0.3) is 5.91 Å². The smallest absolute Gasteiger partial charge is 0.252 e. The normalized spacial score (nSPS) is 10.6. The second-order valence-corrected chi connectivity index (χ2v) is 5.77. The summed E-state index contributed by atoms with van der Waals surface area (Å²) in [5.74, 6) is 0.727. The minimum atomic E-state index is -0.122. The van der Waals surface area contributed by atoms with Crippen LogP contribution < -0.4 is 10.6 Å². The van der Waals surface area contributed by atoms with Crippen molar-refractivity contribution in [1.82, 2.24) is 15.3 Å². The van der Waals surface area contributed by atoms with Gasteiger partial charge < -0.3 is 10.6 Å². The van der Waals surface area contributed by atoms with Crippen LogP contribution >= 0.6 is 0 Å². The number of hydrogen-bond acceptors (Lipinski definition) is 4. The van der Waals surface area contributed by atoms with Gasteiger partial charge >= 0.3 is 0 Å². The van der Waals surface area contributed by atoms with Crippen molar-refractivity contribution >= 4 is 22.6 Å². The fourth-order valence-electron chi connectivity index (χ4n) is 2.54. The molecule has 0 saturated heterocycles. The molecule has 0 unspecified atom stereocenters. The van der Waals surface area contributed by atoms with Crippen LogP contribution in [-0.2, 0) is 0 Å². The van der Waals surface area contributed by atoms with Crippen LogP contribution in [-0.4, -0.2) is 29.0 Å². The summed E-state index contributed by atoms with van der Waals surface area (Å²) in [6, 6.07) is 11.8. The molecule has 5 heteroatoms. The molecule has 122 valence electrons. The Labute approximate surface area is 141 Å². The van der Waals surface area contributed by atoms with Gasteiger partial charge in [-0.1, -0.05) is 11.6 Å². The first-order chi connectivity index (χ1) is 11.6. The van der Waals surface area contributed by atoms with Crippen molar-refractivity contribution in [3.63, 3.8) is 0 Å². The van der Waals surface area contributed by atoms with Crippen LogP contribution in [0.25, 0.3) is 10.9 Å². The molecular weight excluding hydrogens is 300 g/mol. The zero-order valence-electron chi connectivity index (χ0n) is 13.8. The predicted molar refractivity (Wildman–Crippen MR) is 96.3 cm³/mol. The van der Waals surface area contributed by atoms with Crippen LogP contribution in [0.3, 0.4) is 0 Å². The van der Waals surface area contributed by atoms with E-state index in [0.29, 0.717) is 18.7 Å². The third-order valence-electron chi connectivity index (χ3n) is 3.79. The number of fused-ring (bicyclic) bond motifs is 1. The summed E-state index contributed by atoms with van der Waals surface area (Å²) in [4.78, 5) is 20.5. The summed E-state index contributed by atoms with van der Waals surface area (Å²) >= 11 is 0. The molecule has 3 aromatic rings. The molecule has 0 aliphatic heterocycles. The number of carbonyl (C=O) groups excluding carboxylic acids is 1. The molecule has 2 aromatic heterocycles. The van der Waals surface area contributed by atoms with Gasteiger partial charge in [-0.15, -0.1) is 0 Å². The number of nitrogens with one attached hydrogen (secondary N) is 2. The third kappa shape index (κ3) is 3.68. The molecule has 0 aliphatic carbocycles. The van der Waals surface area contributed by atoms with Gasteiger partial charge in [-0.3, -0.25) is 9.78 Å². The Morgan fingerprint density at radius 2 is 2.00 bits per heavy atom. The topological polar surface area (TPSA) is 66.9 Å². The van der Waals surface area contributed by atoms with E-state index in [1.165, 1.54) is 5.56 Å². The van der Waals surface area contributed by atoms with E-state index in [9.17, 15) is 4.79 Å². The molecule has 24 heavy (non-hydrogen) atoms. The lowest BCUT2D eigenvalue weighted by Gasteiger charge is -2.11. The van der Waals surface area contributed by atoms with E-state index in [0.717, 1.165) is 22.3 Å². The average Bonchev–Trinajstić information content (AvgIpc) is 2.59. The number of hydrogen-bond donors (Lipinski definition) is 2. The highest BCUT2D eigenvalue weighted by Gasteiger charge is 2.05. The highest BCUT2D eigenvalue weighted by Crippen LogP contribution is 2.20. The minimum absolute atomic E-state index is 0.122. The first kappa shape index (κ1) is 15.9. The van der Waals surface area contributed by atoms with Crippen molar-refractivity contribution < 1.29 is 4.79 Å². The van der Waals surface area contributed by atoms with Gasteiger partial charge in [0, 0.05) is 30.9 Å². The lowest BCUT2D eigenvalue weighted by Crippen LogP contribution is -2.29. The number of pyridine rings is 2. The van der Waals surface area contributed by atoms with Crippen LogP contribution in [0, 0.1) is 13.8 Å². The monoisotopic (exact) mass is 320 g/mol. The Morgan fingerprint density at radius 3 is 2.79 bits per heavy atom. The van der Waals surface area contributed by atoms with Crippen LogP contribution in [0.15, 0.2) is 48.8 Å². The van der Waals surface area contributed by atoms with E-state index in [2.05, 4.69) is 45.7 Å². The lowest BCUT2D eigenvalue weighted by atomic mass is 10.1. The summed E-state index contributed by atoms with van der Waals surface area (Å²) in [5.41, 5.74) is 3.84. The van der Waals surface area contributed by atoms with E-state index in [1.54, 1.807) is 24.5 Å². The van der Waals surface area contributed by atoms with E-state index in [-0.39, 0.29) is 5.91 Å². The Bertz CT molecular complexity index is 862. The van der Waals surface area contributed by atoms with Crippen LogP contribution in [0.4, 0.5) is 5.82 Å². The van der Waals surface area contributed by atoms with Gasteiger partial charge in [0.05, 0.1) is 11.1 Å². The molecule has 2 heterocycles. The van der Waals surface area contributed by atoms with Crippen LogP contribution in [0.2, 0.25) is 0 Å². The summed E-state index contributed by atoms with van der Waals surface area (Å²) in [7, 11) is 0. The molecule has 0 saturated carbocycles. The molecule has 3 rings (SSSR count). The number of rotatable bonds is 5. The maximum atomic E-state index is 11.9. The lowest BCUT2D eigenvalue weighted by molar-refractivity contribution is 0.0955. The zero-order valence-corrected chi connectivity index (χ0v) is 13.8. The highest BCUT2D eigenvalue weighted by atomic mass is 16.1. The molecule has 0 aliphatic rings. The summed E-state index contributed by atoms with van der Waals surface area (Å²) in [6.45, 7) is 5.23. The maximum absolute atomic E-state index is 11.9. The number of aromatic nitrogens is 2. The molecule has 0 fully saturated rings. The number of amides is 1. The second kappa shape index (κ2) is 7.08. The van der Waals surface area contributed by atoms with Crippen molar-refractivity contribution in [2.24, 2.45) is 0 Å². The number of nitrogens with zero attached hydrogens (tertiary/aromatic N) is 2. The number of carbonyl (C=O) groups is 1. The van der Waals surface area contributed by atoms with Crippen molar-refractivity contribution in [1.29, 1.82) is 0 Å². The molecule has 0 radical (unpaired) electrons. The molecule has 0 atom stereocenters. The van der Waals surface area contributed by atoms with Crippen LogP contribution in [0.1, 0.15) is 21.5 Å². The first-order valence-electron chi connectivity index (χ1n) is 7.93. The molecule has 5 nitrogen and oxygen atoms in total. The van der Waals surface area contributed by atoms with Crippen molar-refractivity contribution in [3.05, 3.63) is 65.5 Å². The van der Waals surface area contributed by atoms with E-state index in [4.69, 9.17) is 0 Å². The SMILES string of the molecule is Cc1ccc2nc(NCCNC(=O)c3cccnc3)c(C)cc2c1. The molecule has 1 amide bonds. The zero-order chi connectivity index (χ0) is 16.9. The Balaban J connectivity index is 1.59. The van der Waals surface area contributed by atoms with Gasteiger partial charge in [-0.25, -0.2) is 4.98 Å². The van der Waals surface area contributed by atoms with Gasteiger partial charge in [0.15, 0.2) is 0 Å². The van der Waals surface area contributed by atoms with Crippen molar-refractivity contribution in [2.45, 2.75) is 13.8 Å². The van der Waals surface area contributed by atoms with Crippen molar-refractivity contribution in [2.75, 3.05) is 18.4 Å². The molecule has 2 N–H and O–H groups in total. The van der Waals surface area contributed by atoms with E-state index in [1.807, 2.05) is 13.0 Å². The van der Waals surface area contributed by atoms with Gasteiger partial charge in [-0.05, 0) is 49.7 Å². The van der Waals surface area contributed by atoms with Crippen molar-refractivity contribution in [3.8, 4) is 0 Å². The summed E-state index contributed by atoms with van der Waals surface area (Å²) in [5, 5.41) is 7.29. The fourth-order valence-corrected chi connectivity index (χ4v) is 2.54. The van der Waals surface area contributed by atoms with Crippen LogP contribution in [0.5, 0.6) is 0 Å². The van der Waals surface area contributed by atoms with E-state index >= 15 is 0 Å². The predicted octanol–water partition coefficient (Wildman–Crippen LogP) is 3.09. The standard InChI is InChI=1S/C19H20N4O/c1-13-5-6-17-16(10-13)11-14(2)18(23-17)21-8-9-22-19(24)15-4-3-7-20-12-15/h3-7,10-12H,8-9H2,1-2H3,(H,21,23)(H,22,24). The van der Waals surface area contributed by atoms with E-state index < -0.39 is 0 Å². The molecule has 0 spiro atoms. The molecule has 1 aromatic carbocycles. The van der Waals surface area contributed by atoms with Gasteiger partial charge in [0.2, 0.25) is 0 Å². The third-order valence-corrected chi connectivity index (χ3v) is 3.79. The number of anilines is 1. The number of aryl methyl sites for hydroxylation is 2. The number of benzene rings is 1. The fraction of sp³-hybridized carbons (Fsp3) is 0.211. The largest absolute Gasteiger partial charge is 0.368 e. The summed E-state index contributed by atoms with van der Waals surface area (Å²) in [6.07, 6.45) is 3.20. The highest BCUT2D eigenvalue weighted by molar-refractivity contribution is 5.93. The maximum Gasteiger partial charge on any atom is 0.252 e. The Morgan fingerprint density at radius 1 is 1.12 bits per heavy atom. The quantitative estimate of drug-likeness (QED) is 0.709. The average molecular weight is 320 g/mol. The second-order valence-electron chi connectivity index (χ2n) is 5.77. The molecule has 0 bridgehead atoms. The minimum Gasteiger partial charge on any atom is -0.368 e.